The van der Waals surface area contributed by atoms with Crippen LogP contribution in [0.4, 0.5) is 0 Å². The van der Waals surface area contributed by atoms with Crippen molar-refractivity contribution in [3.8, 4) is 11.4 Å². The molecule has 0 unspecified atom stereocenters. The fourth-order valence-corrected chi connectivity index (χ4v) is 1.86. The molecule has 0 spiro atoms. The van der Waals surface area contributed by atoms with Crippen molar-refractivity contribution in [2.45, 2.75) is 6.42 Å². The highest BCUT2D eigenvalue weighted by molar-refractivity contribution is 5.74. The molecule has 0 bridgehead atoms. The Bertz CT molecular complexity index is 649. The smallest absolute Gasteiger partial charge is 0.181 e. The average molecular weight is 236 g/mol. The van der Waals surface area contributed by atoms with Crippen molar-refractivity contribution < 1.29 is 0 Å². The van der Waals surface area contributed by atoms with E-state index in [0.717, 1.165) is 23.3 Å². The standard InChI is InChI=1S/C14H12N4/c1-2-3-10-4-6-11(7-5-10)13-17-12-8-15-9-16-14(12)18-13/h2,4-9H,1,3H2,(H,15,16,17,18). The molecule has 0 aliphatic rings. The van der Waals surface area contributed by atoms with E-state index in [-0.39, 0.29) is 0 Å². The van der Waals surface area contributed by atoms with Crippen LogP contribution in [-0.2, 0) is 6.42 Å². The Kier molecular flexibility index (Phi) is 2.61. The zero-order chi connectivity index (χ0) is 12.4. The van der Waals surface area contributed by atoms with Gasteiger partial charge in [0.1, 0.15) is 17.7 Å². The minimum absolute atomic E-state index is 0.690. The zero-order valence-corrected chi connectivity index (χ0v) is 9.80. The summed E-state index contributed by atoms with van der Waals surface area (Å²) >= 11 is 0. The number of nitrogens with zero attached hydrogens (tertiary/aromatic N) is 3. The second-order valence-corrected chi connectivity index (χ2v) is 4.04. The molecule has 4 heteroatoms. The predicted molar refractivity (Wildman–Crippen MR) is 71.0 cm³/mol. The monoisotopic (exact) mass is 236 g/mol. The third kappa shape index (κ3) is 1.88. The number of allylic oxidation sites excluding steroid dienone is 1. The van der Waals surface area contributed by atoms with E-state index < -0.39 is 0 Å². The van der Waals surface area contributed by atoms with Crippen molar-refractivity contribution in [2.24, 2.45) is 0 Å². The van der Waals surface area contributed by atoms with E-state index in [0.29, 0.717) is 5.65 Å². The molecule has 0 fully saturated rings. The van der Waals surface area contributed by atoms with Crippen LogP contribution in [0, 0.1) is 0 Å². The summed E-state index contributed by atoms with van der Waals surface area (Å²) in [5.74, 6) is 0.815. The van der Waals surface area contributed by atoms with Gasteiger partial charge in [0.15, 0.2) is 5.65 Å². The molecule has 3 aromatic rings. The molecule has 2 heterocycles. The molecule has 3 rings (SSSR count). The van der Waals surface area contributed by atoms with Gasteiger partial charge in [0.2, 0.25) is 0 Å². The highest BCUT2D eigenvalue weighted by Gasteiger charge is 2.05. The molecule has 4 nitrogen and oxygen atoms in total. The van der Waals surface area contributed by atoms with Crippen molar-refractivity contribution in [2.75, 3.05) is 0 Å². The van der Waals surface area contributed by atoms with Gasteiger partial charge in [-0.3, -0.25) is 0 Å². The van der Waals surface area contributed by atoms with Crippen LogP contribution in [-0.4, -0.2) is 19.9 Å². The van der Waals surface area contributed by atoms with E-state index >= 15 is 0 Å². The molecule has 2 aromatic heterocycles. The highest BCUT2D eigenvalue weighted by atomic mass is 15.0. The van der Waals surface area contributed by atoms with Crippen LogP contribution in [0.2, 0.25) is 0 Å². The minimum atomic E-state index is 0.690. The minimum Gasteiger partial charge on any atom is -0.335 e. The largest absolute Gasteiger partial charge is 0.335 e. The van der Waals surface area contributed by atoms with Crippen LogP contribution in [0.25, 0.3) is 22.6 Å². The van der Waals surface area contributed by atoms with Crippen molar-refractivity contribution >= 4 is 11.2 Å². The van der Waals surface area contributed by atoms with Gasteiger partial charge in [-0.2, -0.15) is 0 Å². The number of nitrogens with one attached hydrogen (secondary N) is 1. The summed E-state index contributed by atoms with van der Waals surface area (Å²) in [5, 5.41) is 0. The molecular weight excluding hydrogens is 224 g/mol. The van der Waals surface area contributed by atoms with Gasteiger partial charge < -0.3 is 4.98 Å². The van der Waals surface area contributed by atoms with Gasteiger partial charge in [0, 0.05) is 5.56 Å². The summed E-state index contributed by atoms with van der Waals surface area (Å²) in [4.78, 5) is 15.7. The van der Waals surface area contributed by atoms with E-state index in [1.807, 2.05) is 18.2 Å². The van der Waals surface area contributed by atoms with E-state index in [9.17, 15) is 0 Å². The number of aromatic nitrogens is 4. The summed E-state index contributed by atoms with van der Waals surface area (Å²) < 4.78 is 0. The van der Waals surface area contributed by atoms with Crippen LogP contribution in [0.3, 0.4) is 0 Å². The Morgan fingerprint density at radius 2 is 2.06 bits per heavy atom. The SMILES string of the molecule is C=CCc1ccc(-c2nc3ncncc3[nH]2)cc1. The molecule has 0 atom stereocenters. The van der Waals surface area contributed by atoms with Crippen LogP contribution < -0.4 is 0 Å². The van der Waals surface area contributed by atoms with Crippen molar-refractivity contribution in [1.29, 1.82) is 0 Å². The molecule has 0 amide bonds. The first-order chi connectivity index (χ1) is 8.86. The first-order valence-corrected chi connectivity index (χ1v) is 5.73. The van der Waals surface area contributed by atoms with Gasteiger partial charge in [-0.1, -0.05) is 30.3 Å². The number of fused-ring (bicyclic) bond motifs is 1. The van der Waals surface area contributed by atoms with Crippen molar-refractivity contribution in [3.05, 3.63) is 55.0 Å². The van der Waals surface area contributed by atoms with Gasteiger partial charge in [-0.25, -0.2) is 15.0 Å². The van der Waals surface area contributed by atoms with E-state index in [1.54, 1.807) is 6.20 Å². The fraction of sp³-hybridized carbons (Fsp3) is 0.0714. The zero-order valence-electron chi connectivity index (χ0n) is 9.80. The third-order valence-electron chi connectivity index (χ3n) is 2.77. The van der Waals surface area contributed by atoms with Crippen LogP contribution in [0.15, 0.2) is 49.4 Å². The Morgan fingerprint density at radius 3 is 2.78 bits per heavy atom. The Labute approximate surface area is 104 Å². The number of rotatable bonds is 3. The quantitative estimate of drug-likeness (QED) is 0.711. The molecule has 1 aromatic carbocycles. The van der Waals surface area contributed by atoms with Crippen molar-refractivity contribution in [1.82, 2.24) is 19.9 Å². The Hall–Kier alpha value is -2.49. The number of H-pyrrole nitrogens is 1. The molecule has 0 radical (unpaired) electrons. The second-order valence-electron chi connectivity index (χ2n) is 4.04. The first-order valence-electron chi connectivity index (χ1n) is 5.73. The van der Waals surface area contributed by atoms with Gasteiger partial charge in [0.25, 0.3) is 0 Å². The van der Waals surface area contributed by atoms with Gasteiger partial charge in [-0.05, 0) is 12.0 Å². The third-order valence-corrected chi connectivity index (χ3v) is 2.77. The van der Waals surface area contributed by atoms with E-state index in [1.165, 1.54) is 11.9 Å². The second kappa shape index (κ2) is 4.41. The number of hydrogen-bond donors (Lipinski definition) is 1. The number of imidazole rings is 1. The van der Waals surface area contributed by atoms with Gasteiger partial charge >= 0.3 is 0 Å². The number of hydrogen-bond acceptors (Lipinski definition) is 3. The summed E-state index contributed by atoms with van der Waals surface area (Å²) in [6.07, 6.45) is 6.00. The normalized spacial score (nSPS) is 10.7. The molecule has 0 aliphatic carbocycles. The summed E-state index contributed by atoms with van der Waals surface area (Å²) in [6, 6.07) is 8.25. The summed E-state index contributed by atoms with van der Waals surface area (Å²) in [5.41, 5.74) is 3.82. The first kappa shape index (κ1) is 10.7. The van der Waals surface area contributed by atoms with Gasteiger partial charge in [-0.15, -0.1) is 6.58 Å². The topological polar surface area (TPSA) is 54.5 Å². The molecule has 88 valence electrons. The maximum Gasteiger partial charge on any atom is 0.181 e. The van der Waals surface area contributed by atoms with Crippen LogP contribution in [0.1, 0.15) is 5.56 Å². The van der Waals surface area contributed by atoms with E-state index in [2.05, 4.69) is 38.6 Å². The Balaban J connectivity index is 2.00. The molecule has 1 N–H and O–H groups in total. The Morgan fingerprint density at radius 1 is 1.22 bits per heavy atom. The van der Waals surface area contributed by atoms with Crippen molar-refractivity contribution in [3.63, 3.8) is 0 Å². The maximum atomic E-state index is 4.43. The lowest BCUT2D eigenvalue weighted by molar-refractivity contribution is 1.20. The van der Waals surface area contributed by atoms with Gasteiger partial charge in [0.05, 0.1) is 6.20 Å². The molecule has 0 saturated heterocycles. The highest BCUT2D eigenvalue weighted by Crippen LogP contribution is 2.19. The molecule has 18 heavy (non-hydrogen) atoms. The lowest BCUT2D eigenvalue weighted by atomic mass is 10.1. The van der Waals surface area contributed by atoms with Crippen LogP contribution >= 0.6 is 0 Å². The predicted octanol–water partition coefficient (Wildman–Crippen LogP) is 2.75. The lowest BCUT2D eigenvalue weighted by Gasteiger charge is -1.99. The lowest BCUT2D eigenvalue weighted by Crippen LogP contribution is -1.83. The number of aromatic amines is 1. The summed E-state index contributed by atoms with van der Waals surface area (Å²) in [7, 11) is 0. The number of benzene rings is 1. The molecule has 0 aliphatic heterocycles. The molecular formula is C14H12N4. The molecule has 0 saturated carbocycles. The summed E-state index contributed by atoms with van der Waals surface area (Å²) in [6.45, 7) is 3.73. The maximum absolute atomic E-state index is 4.43. The fourth-order valence-electron chi connectivity index (χ4n) is 1.86. The average Bonchev–Trinajstić information content (AvgIpc) is 2.84. The van der Waals surface area contributed by atoms with E-state index in [4.69, 9.17) is 0 Å². The van der Waals surface area contributed by atoms with Crippen LogP contribution in [0.5, 0.6) is 0 Å².